The fourth-order valence-corrected chi connectivity index (χ4v) is 3.39. The molecule has 0 amide bonds. The van der Waals surface area contributed by atoms with E-state index in [2.05, 4.69) is 4.98 Å². The molecular formula is C24H19ClN2O2. The number of methoxy groups -OCH3 is 2. The summed E-state index contributed by atoms with van der Waals surface area (Å²) in [5, 5.41) is 1.24. The molecule has 1 aromatic heterocycles. The molecule has 0 saturated carbocycles. The second-order valence-electron chi connectivity index (χ2n) is 6.39. The highest BCUT2D eigenvalue weighted by atomic mass is 35.5. The maximum absolute atomic E-state index is 6.48. The van der Waals surface area contributed by atoms with Crippen molar-refractivity contribution in [1.29, 1.82) is 0 Å². The average molecular weight is 403 g/mol. The van der Waals surface area contributed by atoms with Gasteiger partial charge in [-0.3, -0.25) is 0 Å². The summed E-state index contributed by atoms with van der Waals surface area (Å²) in [5.41, 5.74) is 3.56. The third-order valence-corrected chi connectivity index (χ3v) is 4.89. The summed E-state index contributed by atoms with van der Waals surface area (Å²) < 4.78 is 10.9. The lowest BCUT2D eigenvalue weighted by Gasteiger charge is -2.13. The Morgan fingerprint density at radius 2 is 1.55 bits per heavy atom. The Kier molecular flexibility index (Phi) is 5.45. The largest absolute Gasteiger partial charge is 0.493 e. The predicted octanol–water partition coefficient (Wildman–Crippen LogP) is 5.89. The molecule has 0 atom stereocenters. The van der Waals surface area contributed by atoms with Gasteiger partial charge in [-0.2, -0.15) is 0 Å². The van der Waals surface area contributed by atoms with Gasteiger partial charge in [0.1, 0.15) is 5.15 Å². The molecule has 4 nitrogen and oxygen atoms in total. The van der Waals surface area contributed by atoms with Gasteiger partial charge in [-0.05, 0) is 41.5 Å². The van der Waals surface area contributed by atoms with Crippen LogP contribution in [-0.4, -0.2) is 24.2 Å². The molecule has 0 radical (unpaired) electrons. The molecule has 1 heterocycles. The molecule has 0 aliphatic carbocycles. The number of hydrogen-bond acceptors (Lipinski definition) is 4. The van der Waals surface area contributed by atoms with Crippen LogP contribution in [0, 0.1) is 0 Å². The van der Waals surface area contributed by atoms with Crippen LogP contribution in [0.25, 0.3) is 22.6 Å². The maximum Gasteiger partial charge on any atom is 0.162 e. The third-order valence-electron chi connectivity index (χ3n) is 4.60. The van der Waals surface area contributed by atoms with Crippen LogP contribution in [0.15, 0.2) is 72.8 Å². The molecule has 0 saturated heterocycles. The smallest absolute Gasteiger partial charge is 0.162 e. The number of fused-ring (bicyclic) bond motifs is 1. The minimum Gasteiger partial charge on any atom is -0.493 e. The summed E-state index contributed by atoms with van der Waals surface area (Å²) in [5.74, 6) is 1.84. The number of aromatic nitrogens is 2. The molecule has 4 aromatic rings. The molecule has 4 rings (SSSR count). The van der Waals surface area contributed by atoms with Crippen molar-refractivity contribution in [3.05, 3.63) is 94.9 Å². The first kappa shape index (κ1) is 19.0. The molecule has 0 fully saturated rings. The number of nitrogens with zero attached hydrogens (tertiary/aromatic N) is 2. The fraction of sp³-hybridized carbons (Fsp3) is 0.0833. The summed E-state index contributed by atoms with van der Waals surface area (Å²) in [6.07, 6.45) is 2.04. The number of hydrogen-bond donors (Lipinski definition) is 0. The molecule has 29 heavy (non-hydrogen) atoms. The molecule has 0 aliphatic heterocycles. The van der Waals surface area contributed by atoms with E-state index in [1.807, 2.05) is 78.9 Å². The first-order valence-electron chi connectivity index (χ1n) is 9.11. The number of para-hydroxylation sites is 1. The molecule has 3 aromatic carbocycles. The van der Waals surface area contributed by atoms with Crippen LogP contribution >= 0.6 is 11.6 Å². The normalized spacial score (nSPS) is 11.5. The van der Waals surface area contributed by atoms with Gasteiger partial charge >= 0.3 is 0 Å². The molecule has 0 bridgehead atoms. The average Bonchev–Trinajstić information content (AvgIpc) is 2.77. The zero-order valence-corrected chi connectivity index (χ0v) is 16.9. The predicted molar refractivity (Wildman–Crippen MR) is 118 cm³/mol. The van der Waals surface area contributed by atoms with E-state index in [1.165, 1.54) is 0 Å². The first-order chi connectivity index (χ1) is 14.2. The number of halogens is 1. The first-order valence-corrected chi connectivity index (χ1v) is 9.49. The van der Waals surface area contributed by atoms with Crippen molar-refractivity contribution in [2.75, 3.05) is 14.2 Å². The second kappa shape index (κ2) is 8.33. The minimum absolute atomic E-state index is 0.421. The van der Waals surface area contributed by atoms with Crippen molar-refractivity contribution in [2.24, 2.45) is 0 Å². The molecule has 0 spiro atoms. The quantitative estimate of drug-likeness (QED) is 0.308. The van der Waals surface area contributed by atoms with Gasteiger partial charge in [-0.15, -0.1) is 0 Å². The van der Waals surface area contributed by atoms with Gasteiger partial charge in [0.05, 0.1) is 19.7 Å². The van der Waals surface area contributed by atoms with Gasteiger partial charge in [0.25, 0.3) is 0 Å². The lowest BCUT2D eigenvalue weighted by molar-refractivity contribution is 0.355. The number of rotatable bonds is 5. The summed E-state index contributed by atoms with van der Waals surface area (Å²) in [6, 6.07) is 23.5. The minimum atomic E-state index is 0.421. The van der Waals surface area contributed by atoms with Gasteiger partial charge < -0.3 is 9.47 Å². The van der Waals surface area contributed by atoms with E-state index in [9.17, 15) is 0 Å². The van der Waals surface area contributed by atoms with Gasteiger partial charge in [0, 0.05) is 11.0 Å². The summed E-state index contributed by atoms with van der Waals surface area (Å²) in [4.78, 5) is 9.36. The fourth-order valence-electron chi connectivity index (χ4n) is 3.15. The molecule has 0 N–H and O–H groups in total. The van der Waals surface area contributed by atoms with E-state index in [4.69, 9.17) is 26.1 Å². The molecule has 5 heteroatoms. The van der Waals surface area contributed by atoms with E-state index < -0.39 is 0 Å². The van der Waals surface area contributed by atoms with Crippen molar-refractivity contribution in [3.63, 3.8) is 0 Å². The van der Waals surface area contributed by atoms with Crippen LogP contribution < -0.4 is 9.47 Å². The van der Waals surface area contributed by atoms with Crippen molar-refractivity contribution in [3.8, 4) is 11.5 Å². The van der Waals surface area contributed by atoms with Crippen molar-refractivity contribution in [2.45, 2.75) is 0 Å². The molecule has 0 unspecified atom stereocenters. The van der Waals surface area contributed by atoms with Crippen molar-refractivity contribution >= 4 is 34.2 Å². The number of benzene rings is 3. The topological polar surface area (TPSA) is 44.2 Å². The van der Waals surface area contributed by atoms with E-state index in [0.717, 1.165) is 27.6 Å². The Morgan fingerprint density at radius 3 is 2.31 bits per heavy atom. The van der Waals surface area contributed by atoms with Crippen molar-refractivity contribution < 1.29 is 9.47 Å². The molecular weight excluding hydrogens is 384 g/mol. The molecule has 0 aliphatic rings. The summed E-state index contributed by atoms with van der Waals surface area (Å²) in [7, 11) is 3.23. The third kappa shape index (κ3) is 3.93. The molecule has 144 valence electrons. The monoisotopic (exact) mass is 402 g/mol. The maximum atomic E-state index is 6.48. The SMILES string of the molecule is COc1ccc(/C(=C\c2ccccc2)c2nc(Cl)c3ccccc3n2)cc1OC. The zero-order chi connectivity index (χ0) is 20.2. The van der Waals surface area contributed by atoms with Crippen LogP contribution in [0.5, 0.6) is 11.5 Å². The van der Waals surface area contributed by atoms with E-state index >= 15 is 0 Å². The highest BCUT2D eigenvalue weighted by Crippen LogP contribution is 2.34. The lowest BCUT2D eigenvalue weighted by atomic mass is 10.0. The Morgan fingerprint density at radius 1 is 0.828 bits per heavy atom. The zero-order valence-electron chi connectivity index (χ0n) is 16.1. The second-order valence-corrected chi connectivity index (χ2v) is 6.75. The van der Waals surface area contributed by atoms with Crippen molar-refractivity contribution in [1.82, 2.24) is 9.97 Å². The lowest BCUT2D eigenvalue weighted by Crippen LogP contribution is -1.99. The van der Waals surface area contributed by atoms with E-state index in [1.54, 1.807) is 14.2 Å². The standard InChI is InChI=1S/C24H19ClN2O2/c1-28-21-13-12-17(15-22(21)29-2)19(14-16-8-4-3-5-9-16)24-26-20-11-7-6-10-18(20)23(25)27-24/h3-15H,1-2H3/b19-14+. The van der Waals surface area contributed by atoms with Gasteiger partial charge in [0.15, 0.2) is 17.3 Å². The Labute approximate surface area is 174 Å². The van der Waals surface area contributed by atoms with Gasteiger partial charge in [-0.25, -0.2) is 9.97 Å². The highest BCUT2D eigenvalue weighted by Gasteiger charge is 2.15. The highest BCUT2D eigenvalue weighted by molar-refractivity contribution is 6.34. The number of ether oxygens (including phenoxy) is 2. The van der Waals surface area contributed by atoms with Crippen LogP contribution in [0.3, 0.4) is 0 Å². The van der Waals surface area contributed by atoms with Crippen LogP contribution in [0.1, 0.15) is 17.0 Å². The Balaban J connectivity index is 1.94. The van der Waals surface area contributed by atoms with Crippen LogP contribution in [0.2, 0.25) is 5.15 Å². The van der Waals surface area contributed by atoms with E-state index in [0.29, 0.717) is 22.5 Å². The van der Waals surface area contributed by atoms with Crippen LogP contribution in [0.4, 0.5) is 0 Å². The van der Waals surface area contributed by atoms with E-state index in [-0.39, 0.29) is 0 Å². The Hall–Kier alpha value is -3.37. The van der Waals surface area contributed by atoms with Gasteiger partial charge in [0.2, 0.25) is 0 Å². The Bertz CT molecular complexity index is 1190. The summed E-state index contributed by atoms with van der Waals surface area (Å²) >= 11 is 6.48. The van der Waals surface area contributed by atoms with Gasteiger partial charge in [-0.1, -0.05) is 60.1 Å². The van der Waals surface area contributed by atoms with Crippen LogP contribution in [-0.2, 0) is 0 Å². The summed E-state index contributed by atoms with van der Waals surface area (Å²) in [6.45, 7) is 0.